The molecule has 0 N–H and O–H groups in total. The van der Waals surface area contributed by atoms with Crippen LogP contribution in [0.15, 0.2) is 0 Å². The molecule has 0 aromatic carbocycles. The second kappa shape index (κ2) is 22.0. The molecule has 0 fully saturated rings. The molecule has 4 heavy (non-hydrogen) atoms. The van der Waals surface area contributed by atoms with Crippen LogP contribution in [-0.2, 0) is 38.9 Å². The van der Waals surface area contributed by atoms with Crippen molar-refractivity contribution in [3.05, 3.63) is 0 Å². The van der Waals surface area contributed by atoms with Crippen LogP contribution in [-0.4, -0.2) is 8.41 Å². The van der Waals surface area contributed by atoms with Gasteiger partial charge in [-0.1, -0.05) is 0 Å². The van der Waals surface area contributed by atoms with Crippen LogP contribution in [0.2, 0.25) is 0 Å². The molecule has 0 bridgehead atoms. The van der Waals surface area contributed by atoms with E-state index >= 15 is 0 Å². The average Bonchev–Trinajstić information content (AvgIpc) is 0. The summed E-state index contributed by atoms with van der Waals surface area (Å²) in [6.07, 6.45) is 0. The van der Waals surface area contributed by atoms with Crippen molar-refractivity contribution in [2.45, 2.75) is 0 Å². The van der Waals surface area contributed by atoms with Crippen LogP contribution in [0.4, 0.5) is 0 Å². The third-order valence-corrected chi connectivity index (χ3v) is 0. The molecule has 4 radical (unpaired) electrons. The second-order valence-electron chi connectivity index (χ2n) is 0. The zero-order valence-corrected chi connectivity index (χ0v) is 6.65. The van der Waals surface area contributed by atoms with E-state index in [1.54, 1.807) is 0 Å². The van der Waals surface area contributed by atoms with Gasteiger partial charge in [0.25, 0.3) is 0 Å². The summed E-state index contributed by atoms with van der Waals surface area (Å²) >= 11 is 0. The molecule has 0 aromatic heterocycles. The first-order chi connectivity index (χ1) is 0. The summed E-state index contributed by atoms with van der Waals surface area (Å²) in [5.41, 5.74) is 0. The summed E-state index contributed by atoms with van der Waals surface area (Å²) in [5, 5.41) is 0. The van der Waals surface area contributed by atoms with Gasteiger partial charge in [0, 0.05) is 47.3 Å². The maximum atomic E-state index is 0. The van der Waals surface area contributed by atoms with E-state index in [2.05, 4.69) is 0 Å². The Hall–Kier alpha value is 1.73. The van der Waals surface area contributed by atoms with Crippen molar-refractivity contribution >= 4 is 18.3 Å². The molecule has 1 atom stereocenters. The molecular weight excluding hydrogens is 193 g/mol. The Balaban J connectivity index is 0. The van der Waals surface area contributed by atoms with Crippen LogP contribution in [0, 0.1) is 0 Å². The van der Waals surface area contributed by atoms with Gasteiger partial charge in [0.2, 0.25) is 0 Å². The van der Waals surface area contributed by atoms with Gasteiger partial charge in [-0.3, -0.25) is 0 Å². The molecule has 0 saturated heterocycles. The van der Waals surface area contributed by atoms with Crippen molar-refractivity contribution in [3.63, 3.8) is 0 Å². The van der Waals surface area contributed by atoms with E-state index in [1.165, 1.54) is 0 Å². The van der Waals surface area contributed by atoms with Gasteiger partial charge in [-0.15, -0.1) is 0 Å². The molecule has 0 aliphatic heterocycles. The Bertz CT molecular complexity index is 8.00. The number of hydrogen-bond acceptors (Lipinski definition) is 0. The summed E-state index contributed by atoms with van der Waals surface area (Å²) in [7, 11) is 0. The maximum absolute atomic E-state index is 0. The molecule has 0 spiro atoms. The Morgan fingerprint density at radius 1 is 1.00 bits per heavy atom. The van der Waals surface area contributed by atoms with Crippen molar-refractivity contribution < 1.29 is 38.9 Å². The molecule has 0 heterocycles. The van der Waals surface area contributed by atoms with Crippen LogP contribution in [0.25, 0.3) is 0 Å². The summed E-state index contributed by atoms with van der Waals surface area (Å²) < 4.78 is 0. The summed E-state index contributed by atoms with van der Waals surface area (Å²) in [4.78, 5) is 0. The van der Waals surface area contributed by atoms with Crippen LogP contribution in [0.5, 0.6) is 0 Å². The molecule has 4 heteroatoms. The normalized spacial score (nSPS) is 0. The smallest absolute Gasteiger partial charge is 0 e. The summed E-state index contributed by atoms with van der Waals surface area (Å²) in [6, 6.07) is 0. The topological polar surface area (TPSA) is 0 Å². The van der Waals surface area contributed by atoms with E-state index in [4.69, 9.17) is 0 Å². The minimum absolute atomic E-state index is 0. The number of rotatable bonds is 0. The van der Waals surface area contributed by atoms with Crippen LogP contribution in [0.3, 0.4) is 0 Å². The third kappa shape index (κ3) is 9.29. The molecule has 0 nitrogen and oxygen atoms in total. The minimum atomic E-state index is 0. The standard InChI is InChI=1S/B.Nb.Ni.H3P/h;;;1H3. The molecule has 0 saturated carbocycles. The average molecular weight is 196 g/mol. The quantitative estimate of drug-likeness (QED) is 0.368. The molecule has 26 valence electrons. The SMILES string of the molecule is P.[B].[Nb].[Ni]. The van der Waals surface area contributed by atoms with E-state index in [0.717, 1.165) is 0 Å². The van der Waals surface area contributed by atoms with Crippen molar-refractivity contribution in [2.75, 3.05) is 0 Å². The zero-order chi connectivity index (χ0) is 0. The van der Waals surface area contributed by atoms with E-state index in [1.807, 2.05) is 0 Å². The van der Waals surface area contributed by atoms with E-state index in [9.17, 15) is 0 Å². The molecule has 0 amide bonds. The first-order valence-corrected chi connectivity index (χ1v) is 0. The van der Waals surface area contributed by atoms with Gasteiger partial charge in [-0.05, 0) is 0 Å². The largest absolute Gasteiger partial charge is 0.153 e. The van der Waals surface area contributed by atoms with Gasteiger partial charge >= 0.3 is 0 Å². The van der Waals surface area contributed by atoms with Gasteiger partial charge in [0.05, 0.1) is 0 Å². The van der Waals surface area contributed by atoms with Crippen LogP contribution in [0.1, 0.15) is 0 Å². The maximum Gasteiger partial charge on any atom is 0 e. The van der Waals surface area contributed by atoms with Crippen LogP contribution < -0.4 is 0 Å². The first-order valence-electron chi connectivity index (χ1n) is 0. The van der Waals surface area contributed by atoms with Gasteiger partial charge in [0.15, 0.2) is 0 Å². The predicted octanol–water partition coefficient (Wildman–Crippen LogP) is -0.328. The molecule has 0 aliphatic rings. The Labute approximate surface area is 57.1 Å². The summed E-state index contributed by atoms with van der Waals surface area (Å²) in [6.45, 7) is 0. The number of hydrogen-bond donors (Lipinski definition) is 0. The van der Waals surface area contributed by atoms with E-state index in [0.29, 0.717) is 0 Å². The van der Waals surface area contributed by atoms with Gasteiger partial charge in [-0.25, -0.2) is 0 Å². The Morgan fingerprint density at radius 3 is 1.00 bits per heavy atom. The van der Waals surface area contributed by atoms with E-state index in [-0.39, 0.29) is 57.2 Å². The molecule has 0 rings (SSSR count). The van der Waals surface area contributed by atoms with Crippen molar-refractivity contribution in [1.29, 1.82) is 0 Å². The zero-order valence-electron chi connectivity index (χ0n) is 2.05. The van der Waals surface area contributed by atoms with Crippen molar-refractivity contribution in [3.8, 4) is 0 Å². The van der Waals surface area contributed by atoms with Crippen molar-refractivity contribution in [2.24, 2.45) is 0 Å². The van der Waals surface area contributed by atoms with Gasteiger partial charge in [-0.2, -0.15) is 9.90 Å². The molecule has 0 aliphatic carbocycles. The third-order valence-electron chi connectivity index (χ3n) is 0. The Morgan fingerprint density at radius 2 is 1.00 bits per heavy atom. The minimum Gasteiger partial charge on any atom is -0.153 e. The first kappa shape index (κ1) is 42.9. The second-order valence-corrected chi connectivity index (χ2v) is 0. The molecule has 1 unspecified atom stereocenters. The molecule has 0 aromatic rings. The fraction of sp³-hybridized carbons (Fsp3) is 0. The monoisotopic (exact) mass is 196 g/mol. The van der Waals surface area contributed by atoms with Gasteiger partial charge < -0.3 is 0 Å². The summed E-state index contributed by atoms with van der Waals surface area (Å²) in [5.74, 6) is 0. The molecular formula is H3BNbNiP. The fourth-order valence-electron chi connectivity index (χ4n) is 0. The van der Waals surface area contributed by atoms with Crippen LogP contribution >= 0.6 is 9.90 Å². The predicted molar refractivity (Wildman–Crippen MR) is 16.9 cm³/mol. The van der Waals surface area contributed by atoms with E-state index < -0.39 is 0 Å². The van der Waals surface area contributed by atoms with Crippen molar-refractivity contribution in [1.82, 2.24) is 0 Å². The fourth-order valence-corrected chi connectivity index (χ4v) is 0. The Kier molecular flexibility index (Phi) is 236. The van der Waals surface area contributed by atoms with Gasteiger partial charge in [0.1, 0.15) is 0 Å².